The molecule has 0 aliphatic heterocycles. The average molecular weight is 404 g/mol. The van der Waals surface area contributed by atoms with Crippen LogP contribution in [0.3, 0.4) is 0 Å². The Morgan fingerprint density at radius 2 is 2.05 bits per heavy atom. The summed E-state index contributed by atoms with van der Waals surface area (Å²) in [6, 6.07) is 6.79. The zero-order chi connectivity index (χ0) is 16.1. The lowest BCUT2D eigenvalue weighted by Crippen LogP contribution is -2.33. The van der Waals surface area contributed by atoms with E-state index < -0.39 is 0 Å². The number of nitrogens with zero attached hydrogens (tertiary/aromatic N) is 2. The molecule has 0 aliphatic carbocycles. The van der Waals surface area contributed by atoms with Crippen molar-refractivity contribution in [3.05, 3.63) is 62.3 Å². The van der Waals surface area contributed by atoms with Crippen LogP contribution in [0.25, 0.3) is 0 Å². The number of halogens is 3. The fraction of sp³-hybridized carbons (Fsp3) is 0.200. The molecule has 1 aromatic carbocycles. The van der Waals surface area contributed by atoms with Crippen molar-refractivity contribution in [2.24, 2.45) is 0 Å². The van der Waals surface area contributed by atoms with Crippen LogP contribution in [0.5, 0.6) is 0 Å². The number of aliphatic hydroxyl groups is 1. The number of amides is 1. The SMILES string of the molecule is O=C(c1cncc(Br)c1)N(CCO)Cc1ccc(Cl)cc1Cl. The van der Waals surface area contributed by atoms with E-state index in [9.17, 15) is 9.90 Å². The minimum Gasteiger partial charge on any atom is -0.395 e. The Balaban J connectivity index is 2.24. The number of hydrogen-bond acceptors (Lipinski definition) is 3. The third-order valence-electron chi connectivity index (χ3n) is 2.99. The normalized spacial score (nSPS) is 10.5. The van der Waals surface area contributed by atoms with Crippen LogP contribution >= 0.6 is 39.1 Å². The van der Waals surface area contributed by atoms with E-state index in [4.69, 9.17) is 23.2 Å². The molecular weight excluding hydrogens is 391 g/mol. The predicted octanol–water partition coefficient (Wildman–Crippen LogP) is 3.79. The second kappa shape index (κ2) is 7.92. The first-order chi connectivity index (χ1) is 10.5. The highest BCUT2D eigenvalue weighted by Crippen LogP contribution is 2.23. The number of aliphatic hydroxyl groups excluding tert-OH is 1. The minimum atomic E-state index is -0.228. The molecule has 1 N–H and O–H groups in total. The molecule has 0 atom stereocenters. The van der Waals surface area contributed by atoms with E-state index in [1.807, 2.05) is 0 Å². The van der Waals surface area contributed by atoms with Gasteiger partial charge in [-0.2, -0.15) is 0 Å². The molecule has 2 rings (SSSR count). The van der Waals surface area contributed by atoms with E-state index in [-0.39, 0.29) is 25.6 Å². The quantitative estimate of drug-likeness (QED) is 0.826. The van der Waals surface area contributed by atoms with Crippen molar-refractivity contribution >= 4 is 45.0 Å². The number of carbonyl (C=O) groups excluding carboxylic acids is 1. The predicted molar refractivity (Wildman–Crippen MR) is 90.2 cm³/mol. The third kappa shape index (κ3) is 4.43. The molecule has 2 aromatic rings. The first kappa shape index (κ1) is 17.2. The van der Waals surface area contributed by atoms with Gasteiger partial charge in [0.1, 0.15) is 0 Å². The second-order valence-electron chi connectivity index (χ2n) is 4.58. The Morgan fingerprint density at radius 1 is 1.27 bits per heavy atom. The number of rotatable bonds is 5. The molecule has 1 heterocycles. The molecule has 0 unspecified atom stereocenters. The first-order valence-corrected chi connectivity index (χ1v) is 8.00. The van der Waals surface area contributed by atoms with Crippen molar-refractivity contribution in [3.8, 4) is 0 Å². The monoisotopic (exact) mass is 402 g/mol. The van der Waals surface area contributed by atoms with Gasteiger partial charge in [-0.3, -0.25) is 9.78 Å². The number of pyridine rings is 1. The molecule has 0 aliphatic rings. The Labute approximate surface area is 146 Å². The molecule has 1 aromatic heterocycles. The molecule has 0 radical (unpaired) electrons. The summed E-state index contributed by atoms with van der Waals surface area (Å²) in [5.74, 6) is -0.228. The molecule has 116 valence electrons. The summed E-state index contributed by atoms with van der Waals surface area (Å²) in [6.45, 7) is 0.338. The topological polar surface area (TPSA) is 53.4 Å². The largest absolute Gasteiger partial charge is 0.395 e. The van der Waals surface area contributed by atoms with Gasteiger partial charge in [0.25, 0.3) is 5.91 Å². The van der Waals surface area contributed by atoms with Crippen molar-refractivity contribution in [3.63, 3.8) is 0 Å². The maximum Gasteiger partial charge on any atom is 0.255 e. The Bertz CT molecular complexity index is 682. The zero-order valence-electron chi connectivity index (χ0n) is 11.5. The van der Waals surface area contributed by atoms with Gasteiger partial charge < -0.3 is 10.0 Å². The highest BCUT2D eigenvalue weighted by molar-refractivity contribution is 9.10. The summed E-state index contributed by atoms with van der Waals surface area (Å²) in [5.41, 5.74) is 1.20. The van der Waals surface area contributed by atoms with E-state index in [0.29, 0.717) is 20.1 Å². The van der Waals surface area contributed by atoms with Crippen LogP contribution in [0.4, 0.5) is 0 Å². The Morgan fingerprint density at radius 3 is 2.68 bits per heavy atom. The highest BCUT2D eigenvalue weighted by atomic mass is 79.9. The van der Waals surface area contributed by atoms with Gasteiger partial charge in [-0.1, -0.05) is 29.3 Å². The number of hydrogen-bond donors (Lipinski definition) is 1. The third-order valence-corrected chi connectivity index (χ3v) is 4.01. The molecule has 1 amide bonds. The summed E-state index contributed by atoms with van der Waals surface area (Å²) in [5, 5.41) is 10.2. The van der Waals surface area contributed by atoms with E-state index in [2.05, 4.69) is 20.9 Å². The number of aromatic nitrogens is 1. The molecule has 0 saturated carbocycles. The van der Waals surface area contributed by atoms with Crippen LogP contribution in [0.1, 0.15) is 15.9 Å². The standard InChI is InChI=1S/C15H13BrCl2N2O2/c16-12-5-11(7-19-8-12)15(22)20(3-4-21)9-10-1-2-13(17)6-14(10)18/h1-2,5-8,21H,3-4,9H2. The van der Waals surface area contributed by atoms with Crippen molar-refractivity contribution in [1.82, 2.24) is 9.88 Å². The zero-order valence-corrected chi connectivity index (χ0v) is 14.6. The fourth-order valence-electron chi connectivity index (χ4n) is 1.94. The van der Waals surface area contributed by atoms with Gasteiger partial charge in [-0.25, -0.2) is 0 Å². The molecule has 0 bridgehead atoms. The van der Waals surface area contributed by atoms with E-state index in [0.717, 1.165) is 5.56 Å². The molecular formula is C15H13BrCl2N2O2. The van der Waals surface area contributed by atoms with Crippen LogP contribution in [0.2, 0.25) is 10.0 Å². The molecule has 22 heavy (non-hydrogen) atoms. The highest BCUT2D eigenvalue weighted by Gasteiger charge is 2.17. The summed E-state index contributed by atoms with van der Waals surface area (Å²) < 4.78 is 0.715. The van der Waals surface area contributed by atoms with Gasteiger partial charge in [-0.05, 0) is 39.7 Å². The summed E-state index contributed by atoms with van der Waals surface area (Å²) in [4.78, 5) is 18.1. The lowest BCUT2D eigenvalue weighted by molar-refractivity contribution is 0.0707. The van der Waals surface area contributed by atoms with E-state index >= 15 is 0 Å². The molecule has 4 nitrogen and oxygen atoms in total. The van der Waals surface area contributed by atoms with Crippen LogP contribution in [0.15, 0.2) is 41.1 Å². The molecule has 0 saturated heterocycles. The first-order valence-electron chi connectivity index (χ1n) is 6.46. The average Bonchev–Trinajstić information content (AvgIpc) is 2.48. The van der Waals surface area contributed by atoms with Crippen molar-refractivity contribution < 1.29 is 9.90 Å². The minimum absolute atomic E-state index is 0.140. The van der Waals surface area contributed by atoms with Gasteiger partial charge in [0, 0.05) is 40.0 Å². The number of benzene rings is 1. The van der Waals surface area contributed by atoms with Crippen LogP contribution in [-0.4, -0.2) is 34.0 Å². The fourth-order valence-corrected chi connectivity index (χ4v) is 2.77. The molecule has 7 heteroatoms. The maximum absolute atomic E-state index is 12.6. The van der Waals surface area contributed by atoms with Crippen molar-refractivity contribution in [2.75, 3.05) is 13.2 Å². The smallest absolute Gasteiger partial charge is 0.255 e. The summed E-state index contributed by atoms with van der Waals surface area (Å²) in [6.07, 6.45) is 3.09. The van der Waals surface area contributed by atoms with Crippen LogP contribution in [-0.2, 0) is 6.54 Å². The lowest BCUT2D eigenvalue weighted by atomic mass is 10.2. The Hall–Kier alpha value is -1.14. The van der Waals surface area contributed by atoms with Gasteiger partial charge in [0.2, 0.25) is 0 Å². The number of carbonyl (C=O) groups is 1. The van der Waals surface area contributed by atoms with Gasteiger partial charge >= 0.3 is 0 Å². The van der Waals surface area contributed by atoms with E-state index in [1.54, 1.807) is 30.5 Å². The second-order valence-corrected chi connectivity index (χ2v) is 6.34. The Kier molecular flexibility index (Phi) is 6.20. The van der Waals surface area contributed by atoms with Crippen LogP contribution in [0, 0.1) is 0 Å². The van der Waals surface area contributed by atoms with Gasteiger partial charge in [-0.15, -0.1) is 0 Å². The van der Waals surface area contributed by atoms with Crippen molar-refractivity contribution in [1.29, 1.82) is 0 Å². The maximum atomic E-state index is 12.6. The lowest BCUT2D eigenvalue weighted by Gasteiger charge is -2.22. The molecule has 0 spiro atoms. The van der Waals surface area contributed by atoms with Crippen LogP contribution < -0.4 is 0 Å². The summed E-state index contributed by atoms with van der Waals surface area (Å²) >= 11 is 15.3. The van der Waals surface area contributed by atoms with Gasteiger partial charge in [0.05, 0.1) is 12.2 Å². The molecule has 0 fully saturated rings. The summed E-state index contributed by atoms with van der Waals surface area (Å²) in [7, 11) is 0. The van der Waals surface area contributed by atoms with E-state index in [1.165, 1.54) is 11.1 Å². The van der Waals surface area contributed by atoms with Crippen molar-refractivity contribution in [2.45, 2.75) is 6.54 Å². The van der Waals surface area contributed by atoms with Gasteiger partial charge in [0.15, 0.2) is 0 Å².